The van der Waals surface area contributed by atoms with E-state index >= 15 is 0 Å². The Kier molecular flexibility index (Phi) is 2.83. The second kappa shape index (κ2) is 4.15. The molecule has 2 rings (SSSR count). The Morgan fingerprint density at radius 3 is 2.53 bits per heavy atom. The number of aliphatic hydroxyl groups is 2. The SMILES string of the molecule is CC(OC1=NNC(=O)C1(O)O)c1ccccc1. The molecule has 1 aliphatic rings. The van der Waals surface area contributed by atoms with Crippen LogP contribution in [-0.2, 0) is 9.53 Å². The Hall–Kier alpha value is -1.92. The minimum Gasteiger partial charge on any atom is -0.468 e. The number of nitrogens with one attached hydrogen (secondary N) is 1. The van der Waals surface area contributed by atoms with Crippen LogP contribution in [0.5, 0.6) is 0 Å². The van der Waals surface area contributed by atoms with Gasteiger partial charge in [-0.3, -0.25) is 4.79 Å². The highest BCUT2D eigenvalue weighted by molar-refractivity contribution is 6.09. The summed E-state index contributed by atoms with van der Waals surface area (Å²) in [6, 6.07) is 9.18. The highest BCUT2D eigenvalue weighted by Gasteiger charge is 2.47. The summed E-state index contributed by atoms with van der Waals surface area (Å²) in [5.74, 6) is -4.16. The van der Waals surface area contributed by atoms with Crippen LogP contribution in [0.25, 0.3) is 0 Å². The number of hydrogen-bond acceptors (Lipinski definition) is 5. The molecule has 17 heavy (non-hydrogen) atoms. The third kappa shape index (κ3) is 2.13. The van der Waals surface area contributed by atoms with Crippen molar-refractivity contribution in [1.29, 1.82) is 0 Å². The molecule has 0 aromatic heterocycles. The van der Waals surface area contributed by atoms with E-state index in [9.17, 15) is 15.0 Å². The van der Waals surface area contributed by atoms with Gasteiger partial charge in [-0.25, -0.2) is 5.43 Å². The van der Waals surface area contributed by atoms with Crippen LogP contribution in [0.1, 0.15) is 18.6 Å². The summed E-state index contributed by atoms with van der Waals surface area (Å²) in [7, 11) is 0. The number of rotatable bonds is 2. The monoisotopic (exact) mass is 236 g/mol. The standard InChI is InChI=1S/C11H12N2O4/c1-7(8-5-3-2-4-6-8)17-10-11(15,16)9(14)12-13-10/h2-7,15-16H,1H3,(H,12,14). The molecule has 0 saturated heterocycles. The van der Waals surface area contributed by atoms with Gasteiger partial charge in [-0.1, -0.05) is 30.3 Å². The van der Waals surface area contributed by atoms with Crippen molar-refractivity contribution in [2.45, 2.75) is 18.8 Å². The lowest BCUT2D eigenvalue weighted by atomic mass is 10.1. The first-order valence-corrected chi connectivity index (χ1v) is 5.07. The molecule has 1 unspecified atom stereocenters. The molecule has 1 atom stereocenters. The van der Waals surface area contributed by atoms with Crippen molar-refractivity contribution in [2.75, 3.05) is 0 Å². The Balaban J connectivity index is 2.11. The molecule has 0 radical (unpaired) electrons. The second-order valence-electron chi connectivity index (χ2n) is 3.70. The number of nitrogens with zero attached hydrogens (tertiary/aromatic N) is 1. The number of benzene rings is 1. The quantitative estimate of drug-likeness (QED) is 0.625. The molecule has 3 N–H and O–H groups in total. The normalized spacial score (nSPS) is 19.5. The maximum atomic E-state index is 11.0. The number of carbonyl (C=O) groups is 1. The summed E-state index contributed by atoms with van der Waals surface area (Å²) in [5.41, 5.74) is 2.78. The van der Waals surface area contributed by atoms with Gasteiger partial charge in [0.15, 0.2) is 0 Å². The van der Waals surface area contributed by atoms with E-state index in [1.54, 1.807) is 6.92 Å². The Labute approximate surface area is 97.5 Å². The van der Waals surface area contributed by atoms with Crippen LogP contribution < -0.4 is 5.43 Å². The van der Waals surface area contributed by atoms with Crippen LogP contribution in [0.15, 0.2) is 35.4 Å². The summed E-state index contributed by atoms with van der Waals surface area (Å²) in [5, 5.41) is 22.2. The van der Waals surface area contributed by atoms with Crippen molar-refractivity contribution in [3.8, 4) is 0 Å². The van der Waals surface area contributed by atoms with Gasteiger partial charge in [-0.05, 0) is 12.5 Å². The van der Waals surface area contributed by atoms with Gasteiger partial charge in [0.25, 0.3) is 5.90 Å². The molecule has 0 aliphatic carbocycles. The van der Waals surface area contributed by atoms with Gasteiger partial charge >= 0.3 is 11.7 Å². The maximum absolute atomic E-state index is 11.0. The second-order valence-corrected chi connectivity index (χ2v) is 3.70. The summed E-state index contributed by atoms with van der Waals surface area (Å²) < 4.78 is 5.25. The van der Waals surface area contributed by atoms with E-state index in [1.807, 2.05) is 35.8 Å². The van der Waals surface area contributed by atoms with E-state index in [1.165, 1.54) is 0 Å². The van der Waals surface area contributed by atoms with Crippen molar-refractivity contribution in [1.82, 2.24) is 5.43 Å². The van der Waals surface area contributed by atoms with Crippen LogP contribution in [-0.4, -0.2) is 27.8 Å². The smallest absolute Gasteiger partial charge is 0.327 e. The lowest BCUT2D eigenvalue weighted by Crippen LogP contribution is -2.46. The topological polar surface area (TPSA) is 91.2 Å². The maximum Gasteiger partial charge on any atom is 0.327 e. The number of ether oxygens (including phenoxy) is 1. The molecule has 6 nitrogen and oxygen atoms in total. The predicted molar refractivity (Wildman–Crippen MR) is 58.7 cm³/mol. The van der Waals surface area contributed by atoms with Gasteiger partial charge in [0.05, 0.1) is 0 Å². The summed E-state index contributed by atoms with van der Waals surface area (Å²) in [6.07, 6.45) is -0.443. The van der Waals surface area contributed by atoms with Gasteiger partial charge in [-0.2, -0.15) is 0 Å². The third-order valence-corrected chi connectivity index (χ3v) is 2.43. The average Bonchev–Trinajstić information content (AvgIpc) is 2.57. The first-order chi connectivity index (χ1) is 8.01. The number of carbonyl (C=O) groups excluding carboxylic acids is 1. The highest BCUT2D eigenvalue weighted by atomic mass is 16.6. The van der Waals surface area contributed by atoms with Crippen LogP contribution in [0.4, 0.5) is 0 Å². The zero-order valence-corrected chi connectivity index (χ0v) is 9.12. The molecule has 1 aliphatic heterocycles. The van der Waals surface area contributed by atoms with Crippen LogP contribution in [0.2, 0.25) is 0 Å². The largest absolute Gasteiger partial charge is 0.468 e. The fourth-order valence-electron chi connectivity index (χ4n) is 1.42. The molecule has 1 aromatic rings. The van der Waals surface area contributed by atoms with E-state index in [0.29, 0.717) is 0 Å². The number of hydrogen-bond donors (Lipinski definition) is 3. The van der Waals surface area contributed by atoms with E-state index in [2.05, 4.69) is 5.10 Å². The first-order valence-electron chi connectivity index (χ1n) is 5.07. The van der Waals surface area contributed by atoms with Crippen molar-refractivity contribution in [2.24, 2.45) is 5.10 Å². The third-order valence-electron chi connectivity index (χ3n) is 2.43. The molecular weight excluding hydrogens is 224 g/mol. The molecule has 0 spiro atoms. The molecular formula is C11H12N2O4. The lowest BCUT2D eigenvalue weighted by molar-refractivity contribution is -0.162. The van der Waals surface area contributed by atoms with Crippen molar-refractivity contribution < 1.29 is 19.7 Å². The number of hydrazone groups is 1. The molecule has 1 amide bonds. The minimum absolute atomic E-state index is 0.443. The molecule has 1 heterocycles. The van der Waals surface area contributed by atoms with Crippen molar-refractivity contribution in [3.05, 3.63) is 35.9 Å². The Morgan fingerprint density at radius 1 is 1.35 bits per heavy atom. The fourth-order valence-corrected chi connectivity index (χ4v) is 1.42. The molecule has 0 fully saturated rings. The fraction of sp³-hybridized carbons (Fsp3) is 0.273. The molecule has 6 heteroatoms. The summed E-state index contributed by atoms with van der Waals surface area (Å²) >= 11 is 0. The Bertz CT molecular complexity index is 456. The number of amides is 1. The van der Waals surface area contributed by atoms with Gasteiger partial charge in [0.1, 0.15) is 6.10 Å². The molecule has 0 saturated carbocycles. The zero-order valence-electron chi connectivity index (χ0n) is 9.12. The minimum atomic E-state index is -2.69. The highest BCUT2D eigenvalue weighted by Crippen LogP contribution is 2.21. The van der Waals surface area contributed by atoms with E-state index < -0.39 is 23.7 Å². The van der Waals surface area contributed by atoms with Crippen LogP contribution in [0, 0.1) is 0 Å². The van der Waals surface area contributed by atoms with E-state index in [0.717, 1.165) is 5.56 Å². The Morgan fingerprint density at radius 2 is 2.00 bits per heavy atom. The molecule has 90 valence electrons. The summed E-state index contributed by atoms with van der Waals surface area (Å²) in [6.45, 7) is 1.72. The van der Waals surface area contributed by atoms with Crippen molar-refractivity contribution >= 4 is 11.8 Å². The van der Waals surface area contributed by atoms with Crippen molar-refractivity contribution in [3.63, 3.8) is 0 Å². The average molecular weight is 236 g/mol. The van der Waals surface area contributed by atoms with Gasteiger partial charge in [-0.15, -0.1) is 5.10 Å². The van der Waals surface area contributed by atoms with E-state index in [4.69, 9.17) is 4.74 Å². The van der Waals surface area contributed by atoms with Crippen LogP contribution in [0.3, 0.4) is 0 Å². The van der Waals surface area contributed by atoms with Crippen LogP contribution >= 0.6 is 0 Å². The summed E-state index contributed by atoms with van der Waals surface area (Å²) in [4.78, 5) is 11.0. The molecule has 0 bridgehead atoms. The molecule has 1 aromatic carbocycles. The first kappa shape index (κ1) is 11.6. The van der Waals surface area contributed by atoms with E-state index in [-0.39, 0.29) is 0 Å². The van der Waals surface area contributed by atoms with Gasteiger partial charge in [0, 0.05) is 0 Å². The van der Waals surface area contributed by atoms with Gasteiger partial charge < -0.3 is 14.9 Å². The van der Waals surface area contributed by atoms with Gasteiger partial charge in [0.2, 0.25) is 0 Å². The lowest BCUT2D eigenvalue weighted by Gasteiger charge is -2.19. The predicted octanol–water partition coefficient (Wildman–Crippen LogP) is -0.112. The zero-order chi connectivity index (χ0) is 12.5.